The van der Waals surface area contributed by atoms with Gasteiger partial charge in [0.25, 0.3) is 0 Å². The third-order valence-corrected chi connectivity index (χ3v) is 3.70. The maximum absolute atomic E-state index is 11.5. The minimum absolute atomic E-state index is 0. The van der Waals surface area contributed by atoms with Gasteiger partial charge in [0.1, 0.15) is 0 Å². The van der Waals surface area contributed by atoms with Gasteiger partial charge in [-0.15, -0.1) is 23.7 Å². The molecule has 0 atom stereocenters. The molecule has 1 aliphatic rings. The van der Waals surface area contributed by atoms with E-state index in [-0.39, 0.29) is 18.4 Å². The van der Waals surface area contributed by atoms with E-state index in [2.05, 4.69) is 10.3 Å². The number of piperidine rings is 1. The molecule has 6 heteroatoms. The van der Waals surface area contributed by atoms with Gasteiger partial charge in [0.2, 0.25) is 0 Å². The second-order valence-electron chi connectivity index (χ2n) is 3.82. The fraction of sp³-hybridized carbons (Fsp3) is 0.636. The highest BCUT2D eigenvalue weighted by Gasteiger charge is 2.20. The van der Waals surface area contributed by atoms with E-state index >= 15 is 0 Å². The van der Waals surface area contributed by atoms with Crippen molar-refractivity contribution in [1.82, 2.24) is 10.3 Å². The molecule has 1 N–H and O–H groups in total. The number of carbonyl (C=O) groups is 1. The number of ether oxygens (including phenoxy) is 1. The molecule has 2 rings (SSSR count). The largest absolute Gasteiger partial charge is 0.461 e. The molecule has 0 spiro atoms. The summed E-state index contributed by atoms with van der Waals surface area (Å²) in [6.45, 7) is 4.29. The highest BCUT2D eigenvalue weighted by molar-refractivity contribution is 7.09. The molecule has 1 aliphatic heterocycles. The van der Waals surface area contributed by atoms with Crippen LogP contribution in [0.5, 0.6) is 0 Å². The minimum atomic E-state index is -0.307. The Morgan fingerprint density at radius 1 is 1.59 bits per heavy atom. The number of hydrogen-bond acceptors (Lipinski definition) is 5. The van der Waals surface area contributed by atoms with Crippen molar-refractivity contribution in [3.8, 4) is 0 Å². The number of halogens is 1. The first-order valence-electron chi connectivity index (χ1n) is 5.64. The van der Waals surface area contributed by atoms with Gasteiger partial charge < -0.3 is 10.1 Å². The molecule has 1 aromatic rings. The second kappa shape index (κ2) is 6.93. The van der Waals surface area contributed by atoms with E-state index in [1.165, 1.54) is 0 Å². The maximum Gasteiger partial charge on any atom is 0.357 e. The van der Waals surface area contributed by atoms with E-state index in [0.717, 1.165) is 30.9 Å². The van der Waals surface area contributed by atoms with E-state index in [0.29, 0.717) is 18.2 Å². The Bertz CT molecular complexity index is 364. The fourth-order valence-corrected chi connectivity index (χ4v) is 2.80. The molecule has 0 aliphatic carbocycles. The summed E-state index contributed by atoms with van der Waals surface area (Å²) in [5.41, 5.74) is 0.459. The van der Waals surface area contributed by atoms with Crippen LogP contribution < -0.4 is 5.32 Å². The first-order chi connectivity index (χ1) is 7.81. The Morgan fingerprint density at radius 2 is 2.29 bits per heavy atom. The van der Waals surface area contributed by atoms with Gasteiger partial charge in [-0.3, -0.25) is 0 Å². The van der Waals surface area contributed by atoms with E-state index in [1.807, 2.05) is 0 Å². The van der Waals surface area contributed by atoms with Crippen LogP contribution in [0.1, 0.15) is 41.2 Å². The highest BCUT2D eigenvalue weighted by atomic mass is 35.5. The average molecular weight is 277 g/mol. The zero-order chi connectivity index (χ0) is 11.4. The predicted molar refractivity (Wildman–Crippen MR) is 70.2 cm³/mol. The summed E-state index contributed by atoms with van der Waals surface area (Å²) in [6, 6.07) is 0. The summed E-state index contributed by atoms with van der Waals surface area (Å²) < 4.78 is 4.92. The molecule has 96 valence electrons. The smallest absolute Gasteiger partial charge is 0.357 e. The van der Waals surface area contributed by atoms with Gasteiger partial charge in [0, 0.05) is 11.3 Å². The third kappa shape index (κ3) is 3.66. The monoisotopic (exact) mass is 276 g/mol. The Balaban J connectivity index is 0.00000144. The molecule has 2 heterocycles. The number of carbonyl (C=O) groups excluding carboxylic acids is 1. The van der Waals surface area contributed by atoms with Crippen molar-refractivity contribution in [2.75, 3.05) is 19.7 Å². The molecule has 0 amide bonds. The Hall–Kier alpha value is -0.650. The van der Waals surface area contributed by atoms with Crippen molar-refractivity contribution in [2.24, 2.45) is 0 Å². The third-order valence-electron chi connectivity index (χ3n) is 2.69. The Kier molecular flexibility index (Phi) is 5.88. The summed E-state index contributed by atoms with van der Waals surface area (Å²) in [4.78, 5) is 15.8. The number of thiazole rings is 1. The van der Waals surface area contributed by atoms with Gasteiger partial charge in [-0.2, -0.15) is 0 Å². The topological polar surface area (TPSA) is 51.2 Å². The van der Waals surface area contributed by atoms with Crippen LogP contribution >= 0.6 is 23.7 Å². The van der Waals surface area contributed by atoms with Crippen LogP contribution in [0.2, 0.25) is 0 Å². The van der Waals surface area contributed by atoms with E-state index in [4.69, 9.17) is 4.74 Å². The lowest BCUT2D eigenvalue weighted by Crippen LogP contribution is -2.26. The second-order valence-corrected chi connectivity index (χ2v) is 4.71. The minimum Gasteiger partial charge on any atom is -0.461 e. The van der Waals surface area contributed by atoms with Gasteiger partial charge in [-0.05, 0) is 32.9 Å². The Morgan fingerprint density at radius 3 is 2.94 bits per heavy atom. The first kappa shape index (κ1) is 14.4. The van der Waals surface area contributed by atoms with E-state index < -0.39 is 0 Å². The van der Waals surface area contributed by atoms with E-state index in [1.54, 1.807) is 23.6 Å². The van der Waals surface area contributed by atoms with Crippen LogP contribution in [0.15, 0.2) is 5.38 Å². The zero-order valence-corrected chi connectivity index (χ0v) is 11.4. The standard InChI is InChI=1S/C11H16N2O2S.ClH/c1-2-15-11(14)9-7-16-10(13-9)8-3-5-12-6-4-8;/h7-8,12H,2-6H2,1H3;1H. The normalized spacial score (nSPS) is 16.3. The molecule has 1 saturated heterocycles. The summed E-state index contributed by atoms with van der Waals surface area (Å²) in [7, 11) is 0. The van der Waals surface area contributed by atoms with Crippen LogP contribution in [0.25, 0.3) is 0 Å². The van der Waals surface area contributed by atoms with Crippen molar-refractivity contribution >= 4 is 29.7 Å². The molecule has 1 aromatic heterocycles. The van der Waals surface area contributed by atoms with Gasteiger partial charge in [-0.25, -0.2) is 9.78 Å². The van der Waals surface area contributed by atoms with Gasteiger partial charge >= 0.3 is 5.97 Å². The van der Waals surface area contributed by atoms with Gasteiger partial charge in [0.05, 0.1) is 11.6 Å². The maximum atomic E-state index is 11.5. The van der Waals surface area contributed by atoms with Crippen molar-refractivity contribution < 1.29 is 9.53 Å². The number of nitrogens with zero attached hydrogens (tertiary/aromatic N) is 1. The lowest BCUT2D eigenvalue weighted by atomic mass is 9.99. The molecule has 0 saturated carbocycles. The van der Waals surface area contributed by atoms with Crippen LogP contribution in [0.3, 0.4) is 0 Å². The lowest BCUT2D eigenvalue weighted by molar-refractivity contribution is 0.0520. The van der Waals surface area contributed by atoms with Crippen molar-refractivity contribution in [1.29, 1.82) is 0 Å². The van der Waals surface area contributed by atoms with Gasteiger partial charge in [0.15, 0.2) is 5.69 Å². The number of hydrogen-bond donors (Lipinski definition) is 1. The van der Waals surface area contributed by atoms with Crippen LogP contribution in [-0.4, -0.2) is 30.6 Å². The molecule has 0 bridgehead atoms. The SMILES string of the molecule is CCOC(=O)c1csc(C2CCNCC2)n1.Cl. The summed E-state index contributed by atoms with van der Waals surface area (Å²) in [5.74, 6) is 0.202. The van der Waals surface area contributed by atoms with Crippen LogP contribution in [0.4, 0.5) is 0 Å². The molecule has 4 nitrogen and oxygen atoms in total. The quantitative estimate of drug-likeness (QED) is 0.860. The Labute approximate surface area is 111 Å². The molecule has 0 unspecified atom stereocenters. The number of nitrogens with one attached hydrogen (secondary N) is 1. The summed E-state index contributed by atoms with van der Waals surface area (Å²) in [6.07, 6.45) is 2.21. The predicted octanol–water partition coefficient (Wildman–Crippen LogP) is 2.21. The summed E-state index contributed by atoms with van der Waals surface area (Å²) >= 11 is 1.57. The summed E-state index contributed by atoms with van der Waals surface area (Å²) in [5, 5.41) is 6.19. The molecule has 17 heavy (non-hydrogen) atoms. The van der Waals surface area contributed by atoms with Crippen LogP contribution in [-0.2, 0) is 4.74 Å². The molecular formula is C11H17ClN2O2S. The lowest BCUT2D eigenvalue weighted by Gasteiger charge is -2.20. The van der Waals surface area contributed by atoms with Crippen molar-refractivity contribution in [3.63, 3.8) is 0 Å². The highest BCUT2D eigenvalue weighted by Crippen LogP contribution is 2.27. The van der Waals surface area contributed by atoms with Crippen LogP contribution in [0, 0.1) is 0 Å². The van der Waals surface area contributed by atoms with E-state index in [9.17, 15) is 4.79 Å². The number of esters is 1. The zero-order valence-electron chi connectivity index (χ0n) is 9.77. The van der Waals surface area contributed by atoms with Gasteiger partial charge in [-0.1, -0.05) is 0 Å². The number of rotatable bonds is 3. The molecule has 0 radical (unpaired) electrons. The average Bonchev–Trinajstić information content (AvgIpc) is 2.80. The molecule has 0 aromatic carbocycles. The molecule has 1 fully saturated rings. The van der Waals surface area contributed by atoms with Crippen molar-refractivity contribution in [3.05, 3.63) is 16.1 Å². The van der Waals surface area contributed by atoms with Crippen molar-refractivity contribution in [2.45, 2.75) is 25.7 Å². The molecular weight excluding hydrogens is 260 g/mol. The first-order valence-corrected chi connectivity index (χ1v) is 6.52. The fourth-order valence-electron chi connectivity index (χ4n) is 1.84. The number of aromatic nitrogens is 1.